The lowest BCUT2D eigenvalue weighted by Crippen LogP contribution is -2.58. The molecule has 2 aliphatic rings. The van der Waals surface area contributed by atoms with Crippen molar-refractivity contribution in [1.82, 2.24) is 4.90 Å². The van der Waals surface area contributed by atoms with Crippen LogP contribution in [-0.2, 0) is 0 Å². The molecule has 3 aromatic rings. The van der Waals surface area contributed by atoms with E-state index in [1.807, 2.05) is 24.3 Å². The van der Waals surface area contributed by atoms with Gasteiger partial charge in [0.15, 0.2) is 0 Å². The molecule has 5 rings (SSSR count). The van der Waals surface area contributed by atoms with Crippen LogP contribution in [0, 0.1) is 17.5 Å². The maximum Gasteiger partial charge on any atom is 0.123 e. The fourth-order valence-corrected chi connectivity index (χ4v) is 10.9. The van der Waals surface area contributed by atoms with Gasteiger partial charge in [-0.25, -0.2) is 13.2 Å². The molecule has 2 heterocycles. The minimum atomic E-state index is -2.41. The highest BCUT2D eigenvalue weighted by Gasteiger charge is 2.51. The number of hydrogen-bond donors (Lipinski definition) is 1. The molecule has 172 valence electrons. The van der Waals surface area contributed by atoms with Crippen LogP contribution in [0.1, 0.15) is 0 Å². The zero-order chi connectivity index (χ0) is 23.0. The molecule has 0 bridgehead atoms. The molecule has 2 aliphatic heterocycles. The second-order valence-corrected chi connectivity index (χ2v) is 13.3. The fraction of sp³-hybridized carbons (Fsp3) is 0.308. The van der Waals surface area contributed by atoms with Gasteiger partial charge in [0.05, 0.1) is 6.10 Å². The summed E-state index contributed by atoms with van der Waals surface area (Å²) in [6.45, 7) is 3.21. The third-order valence-electron chi connectivity index (χ3n) is 7.33. The van der Waals surface area contributed by atoms with E-state index in [9.17, 15) is 18.3 Å². The largest absolute Gasteiger partial charge is 0.392 e. The number of anilines is 1. The first-order valence-corrected chi connectivity index (χ1v) is 13.8. The van der Waals surface area contributed by atoms with Crippen LogP contribution < -0.4 is 15.3 Å². The Labute approximate surface area is 193 Å². The molecule has 0 aliphatic carbocycles. The molecule has 0 aromatic heterocycles. The van der Waals surface area contributed by atoms with E-state index in [0.29, 0.717) is 6.04 Å². The summed E-state index contributed by atoms with van der Waals surface area (Å²) in [6.07, 6.45) is -0.496. The summed E-state index contributed by atoms with van der Waals surface area (Å²) in [7, 11) is -2.41. The molecule has 1 N–H and O–H groups in total. The van der Waals surface area contributed by atoms with Crippen molar-refractivity contribution in [1.29, 1.82) is 0 Å². The molecule has 0 radical (unpaired) electrons. The van der Waals surface area contributed by atoms with Crippen molar-refractivity contribution in [2.45, 2.75) is 24.2 Å². The van der Waals surface area contributed by atoms with Crippen LogP contribution in [0.15, 0.2) is 72.8 Å². The Hall–Kier alpha value is -2.61. The molecular weight excluding hydrogens is 441 g/mol. The minimum Gasteiger partial charge on any atom is -0.392 e. The predicted octanol–water partition coefficient (Wildman–Crippen LogP) is 3.23. The maximum absolute atomic E-state index is 13.7. The lowest BCUT2D eigenvalue weighted by Gasteiger charge is -2.40. The fourth-order valence-electron chi connectivity index (χ4n) is 5.58. The summed E-state index contributed by atoms with van der Waals surface area (Å²) in [5, 5.41) is 13.4. The SMILES string of the molecule is O[C@@H]1C[Si](c2ccc(F)cc2)(c2ccc(F)cc2)C[C@H]1N1CCN(c2ccc(F)cc2)CC1. The Bertz CT molecular complexity index is 1040. The average Bonchev–Trinajstić information content (AvgIpc) is 3.19. The number of piperazine rings is 1. The van der Waals surface area contributed by atoms with Gasteiger partial charge in [-0.05, 0) is 60.6 Å². The lowest BCUT2D eigenvalue weighted by molar-refractivity contribution is 0.0766. The third kappa shape index (κ3) is 4.33. The smallest absolute Gasteiger partial charge is 0.123 e. The van der Waals surface area contributed by atoms with E-state index in [-0.39, 0.29) is 23.5 Å². The highest BCUT2D eigenvalue weighted by molar-refractivity contribution is 7.03. The zero-order valence-electron chi connectivity index (χ0n) is 18.3. The molecule has 0 amide bonds. The molecule has 2 saturated heterocycles. The van der Waals surface area contributed by atoms with Crippen molar-refractivity contribution in [2.75, 3.05) is 31.1 Å². The second-order valence-electron chi connectivity index (χ2n) is 9.14. The Morgan fingerprint density at radius 3 is 1.58 bits per heavy atom. The first-order chi connectivity index (χ1) is 15.9. The van der Waals surface area contributed by atoms with Crippen LogP contribution in [0.4, 0.5) is 18.9 Å². The number of hydrogen-bond acceptors (Lipinski definition) is 3. The van der Waals surface area contributed by atoms with Gasteiger partial charge in [0.2, 0.25) is 0 Å². The Balaban J connectivity index is 1.38. The molecule has 2 fully saturated rings. The van der Waals surface area contributed by atoms with E-state index < -0.39 is 14.2 Å². The normalized spacial score (nSPS) is 23.1. The van der Waals surface area contributed by atoms with Crippen LogP contribution in [0.25, 0.3) is 0 Å². The number of aliphatic hydroxyl groups is 1. The van der Waals surface area contributed by atoms with E-state index in [1.165, 1.54) is 36.4 Å². The monoisotopic (exact) mass is 468 g/mol. The topological polar surface area (TPSA) is 26.7 Å². The van der Waals surface area contributed by atoms with Crippen molar-refractivity contribution >= 4 is 24.1 Å². The zero-order valence-corrected chi connectivity index (χ0v) is 19.3. The summed E-state index contributed by atoms with van der Waals surface area (Å²) >= 11 is 0. The first-order valence-electron chi connectivity index (χ1n) is 11.4. The van der Waals surface area contributed by atoms with Gasteiger partial charge in [0, 0.05) is 37.9 Å². The standard InChI is InChI=1S/C26H27F3N2OSi/c27-19-1-7-22(8-2-19)30-13-15-31(16-14-30)25-17-33(18-26(25)32,23-9-3-20(28)4-10-23)24-11-5-21(29)6-12-24/h1-12,25-26,32H,13-18H2/t25-,26-/m1/s1. The molecule has 33 heavy (non-hydrogen) atoms. The van der Waals surface area contributed by atoms with Gasteiger partial charge in [-0.1, -0.05) is 34.6 Å². The minimum absolute atomic E-state index is 0.00198. The number of halogens is 3. The Morgan fingerprint density at radius 1 is 0.636 bits per heavy atom. The van der Waals surface area contributed by atoms with Crippen molar-refractivity contribution < 1.29 is 18.3 Å². The Kier molecular flexibility index (Phi) is 6.03. The molecule has 0 saturated carbocycles. The van der Waals surface area contributed by atoms with E-state index in [2.05, 4.69) is 9.80 Å². The number of aliphatic hydroxyl groups excluding tert-OH is 1. The summed E-state index contributed by atoms with van der Waals surface area (Å²) in [5.74, 6) is -0.808. The highest BCUT2D eigenvalue weighted by atomic mass is 28.3. The number of rotatable bonds is 4. The van der Waals surface area contributed by atoms with Gasteiger partial charge in [-0.2, -0.15) is 0 Å². The maximum atomic E-state index is 13.7. The quantitative estimate of drug-likeness (QED) is 0.596. The first kappa shape index (κ1) is 22.2. The van der Waals surface area contributed by atoms with Gasteiger partial charge in [-0.3, -0.25) is 4.90 Å². The summed E-state index contributed by atoms with van der Waals surface area (Å²) in [4.78, 5) is 4.59. The molecule has 2 atom stereocenters. The summed E-state index contributed by atoms with van der Waals surface area (Å²) < 4.78 is 40.6. The van der Waals surface area contributed by atoms with Crippen molar-refractivity contribution in [3.8, 4) is 0 Å². The van der Waals surface area contributed by atoms with Gasteiger partial charge in [-0.15, -0.1) is 0 Å². The average molecular weight is 469 g/mol. The third-order valence-corrected chi connectivity index (χ3v) is 12.4. The van der Waals surface area contributed by atoms with Crippen molar-refractivity contribution in [3.63, 3.8) is 0 Å². The molecular formula is C26H27F3N2OSi. The van der Waals surface area contributed by atoms with E-state index in [1.54, 1.807) is 12.1 Å². The van der Waals surface area contributed by atoms with E-state index >= 15 is 0 Å². The van der Waals surface area contributed by atoms with Gasteiger partial charge >= 0.3 is 0 Å². The summed E-state index contributed by atoms with van der Waals surface area (Å²) in [5.41, 5.74) is 1.00. The van der Waals surface area contributed by atoms with E-state index in [4.69, 9.17) is 0 Å². The van der Waals surface area contributed by atoms with E-state index in [0.717, 1.165) is 48.3 Å². The second kappa shape index (κ2) is 8.97. The summed E-state index contributed by atoms with van der Waals surface area (Å²) in [6, 6.07) is 21.3. The highest BCUT2D eigenvalue weighted by Crippen LogP contribution is 2.35. The van der Waals surface area contributed by atoms with Gasteiger partial charge in [0.1, 0.15) is 25.5 Å². The predicted molar refractivity (Wildman–Crippen MR) is 127 cm³/mol. The van der Waals surface area contributed by atoms with Crippen LogP contribution in [0.5, 0.6) is 0 Å². The van der Waals surface area contributed by atoms with Crippen molar-refractivity contribution in [2.24, 2.45) is 0 Å². The van der Waals surface area contributed by atoms with Crippen LogP contribution in [0.3, 0.4) is 0 Å². The number of benzene rings is 3. The molecule has 7 heteroatoms. The van der Waals surface area contributed by atoms with Crippen LogP contribution in [-0.4, -0.2) is 56.4 Å². The Morgan fingerprint density at radius 2 is 1.09 bits per heavy atom. The van der Waals surface area contributed by atoms with Gasteiger partial charge < -0.3 is 10.0 Å². The van der Waals surface area contributed by atoms with Crippen LogP contribution in [0.2, 0.25) is 12.1 Å². The van der Waals surface area contributed by atoms with Gasteiger partial charge in [0.25, 0.3) is 0 Å². The van der Waals surface area contributed by atoms with Crippen molar-refractivity contribution in [3.05, 3.63) is 90.2 Å². The van der Waals surface area contributed by atoms with Crippen LogP contribution >= 0.6 is 0 Å². The molecule has 0 spiro atoms. The number of nitrogens with zero attached hydrogens (tertiary/aromatic N) is 2. The molecule has 3 aromatic carbocycles. The molecule has 3 nitrogen and oxygen atoms in total. The lowest BCUT2D eigenvalue weighted by atomic mass is 10.1. The molecule has 0 unspecified atom stereocenters.